The minimum absolute atomic E-state index is 0.0817. The highest BCUT2D eigenvalue weighted by molar-refractivity contribution is 5.76. The van der Waals surface area contributed by atoms with Crippen molar-refractivity contribution in [1.82, 2.24) is 10.6 Å². The minimum atomic E-state index is -0.999. The third kappa shape index (κ3) is 1.74. The molecule has 0 unspecified atom stereocenters. The number of carbonyl (C=O) groups is 1. The number of carbonyl (C=O) groups excluding carboxylic acids is 1. The number of urea groups is 1. The van der Waals surface area contributed by atoms with Gasteiger partial charge in [0.2, 0.25) is 0 Å². The lowest BCUT2D eigenvalue weighted by atomic mass is 10.1. The smallest absolute Gasteiger partial charge is 0.315 e. The molecule has 1 aromatic carbocycles. The SMILES string of the molecule is O=C1NC[C@@H](c2c(F)cc(F)cc2F)N1. The molecule has 2 N–H and O–H groups in total. The molecule has 15 heavy (non-hydrogen) atoms. The van der Waals surface area contributed by atoms with Gasteiger partial charge in [0, 0.05) is 24.2 Å². The molecule has 1 aromatic rings. The first-order valence-corrected chi connectivity index (χ1v) is 4.26. The number of rotatable bonds is 1. The summed E-state index contributed by atoms with van der Waals surface area (Å²) in [4.78, 5) is 10.8. The van der Waals surface area contributed by atoms with Crippen molar-refractivity contribution in [3.05, 3.63) is 35.1 Å². The maximum Gasteiger partial charge on any atom is 0.315 e. The summed E-state index contributed by atoms with van der Waals surface area (Å²) >= 11 is 0. The van der Waals surface area contributed by atoms with Crippen LogP contribution in [0.3, 0.4) is 0 Å². The fourth-order valence-electron chi connectivity index (χ4n) is 1.52. The molecule has 1 aliphatic heterocycles. The molecular weight excluding hydrogens is 209 g/mol. The van der Waals surface area contributed by atoms with Gasteiger partial charge in [-0.2, -0.15) is 0 Å². The maximum absolute atomic E-state index is 13.2. The molecule has 1 aliphatic rings. The van der Waals surface area contributed by atoms with E-state index in [-0.39, 0.29) is 12.1 Å². The Labute approximate surface area is 83.3 Å². The average molecular weight is 216 g/mol. The van der Waals surface area contributed by atoms with E-state index in [1.807, 2.05) is 0 Å². The molecular formula is C9H7F3N2O. The maximum atomic E-state index is 13.2. The van der Waals surface area contributed by atoms with Gasteiger partial charge in [0.15, 0.2) is 0 Å². The molecule has 2 amide bonds. The predicted molar refractivity (Wildman–Crippen MR) is 45.6 cm³/mol. The van der Waals surface area contributed by atoms with E-state index < -0.39 is 29.5 Å². The second-order valence-electron chi connectivity index (χ2n) is 3.19. The van der Waals surface area contributed by atoms with Gasteiger partial charge in [-0.25, -0.2) is 18.0 Å². The molecule has 1 saturated heterocycles. The topological polar surface area (TPSA) is 41.1 Å². The van der Waals surface area contributed by atoms with E-state index in [4.69, 9.17) is 0 Å². The molecule has 0 bridgehead atoms. The van der Waals surface area contributed by atoms with Gasteiger partial charge in [-0.05, 0) is 0 Å². The number of halogens is 3. The van der Waals surface area contributed by atoms with Crippen molar-refractivity contribution >= 4 is 6.03 Å². The van der Waals surface area contributed by atoms with Crippen molar-refractivity contribution in [2.45, 2.75) is 6.04 Å². The van der Waals surface area contributed by atoms with Crippen molar-refractivity contribution in [2.75, 3.05) is 6.54 Å². The van der Waals surface area contributed by atoms with Gasteiger partial charge in [0.1, 0.15) is 17.5 Å². The summed E-state index contributed by atoms with van der Waals surface area (Å²) in [7, 11) is 0. The van der Waals surface area contributed by atoms with Gasteiger partial charge in [0.05, 0.1) is 6.04 Å². The van der Waals surface area contributed by atoms with E-state index in [0.29, 0.717) is 12.1 Å². The van der Waals surface area contributed by atoms with Gasteiger partial charge in [-0.15, -0.1) is 0 Å². The van der Waals surface area contributed by atoms with Crippen LogP contribution in [-0.4, -0.2) is 12.6 Å². The Morgan fingerprint density at radius 1 is 1.20 bits per heavy atom. The first-order chi connectivity index (χ1) is 7.08. The van der Waals surface area contributed by atoms with Gasteiger partial charge in [0.25, 0.3) is 0 Å². The van der Waals surface area contributed by atoms with Crippen LogP contribution in [0.1, 0.15) is 11.6 Å². The first kappa shape index (κ1) is 9.82. The van der Waals surface area contributed by atoms with Crippen LogP contribution in [0.4, 0.5) is 18.0 Å². The molecule has 0 aliphatic carbocycles. The molecule has 6 heteroatoms. The highest BCUT2D eigenvalue weighted by atomic mass is 19.1. The van der Waals surface area contributed by atoms with Crippen molar-refractivity contribution in [1.29, 1.82) is 0 Å². The second kappa shape index (κ2) is 3.45. The van der Waals surface area contributed by atoms with Crippen LogP contribution in [-0.2, 0) is 0 Å². The monoisotopic (exact) mass is 216 g/mol. The zero-order valence-electron chi connectivity index (χ0n) is 7.48. The Balaban J connectivity index is 2.39. The van der Waals surface area contributed by atoms with Gasteiger partial charge >= 0.3 is 6.03 Å². The summed E-state index contributed by atoms with van der Waals surface area (Å²) in [5.41, 5.74) is -0.324. The van der Waals surface area contributed by atoms with E-state index in [1.54, 1.807) is 0 Å². The van der Waals surface area contributed by atoms with Crippen LogP contribution in [0.25, 0.3) is 0 Å². The first-order valence-electron chi connectivity index (χ1n) is 4.26. The molecule has 1 atom stereocenters. The summed E-state index contributed by atoms with van der Waals surface area (Å²) in [6.07, 6.45) is 0. The lowest BCUT2D eigenvalue weighted by Crippen LogP contribution is -2.22. The van der Waals surface area contributed by atoms with Crippen LogP contribution in [0.2, 0.25) is 0 Å². The van der Waals surface area contributed by atoms with Gasteiger partial charge < -0.3 is 10.6 Å². The summed E-state index contributed by atoms with van der Waals surface area (Å²) < 4.78 is 39.1. The zero-order chi connectivity index (χ0) is 11.0. The highest BCUT2D eigenvalue weighted by Gasteiger charge is 2.27. The Hall–Kier alpha value is -1.72. The molecule has 1 fully saturated rings. The van der Waals surface area contributed by atoms with E-state index in [9.17, 15) is 18.0 Å². The zero-order valence-corrected chi connectivity index (χ0v) is 7.48. The van der Waals surface area contributed by atoms with Crippen LogP contribution in [0, 0.1) is 17.5 Å². The molecule has 0 aromatic heterocycles. The van der Waals surface area contributed by atoms with Crippen molar-refractivity contribution in [3.63, 3.8) is 0 Å². The summed E-state index contributed by atoms with van der Waals surface area (Å²) in [5.74, 6) is -2.98. The number of hydrogen-bond donors (Lipinski definition) is 2. The Morgan fingerprint density at radius 3 is 2.27 bits per heavy atom. The van der Waals surface area contributed by atoms with E-state index in [0.717, 1.165) is 0 Å². The molecule has 0 spiro atoms. The predicted octanol–water partition coefficient (Wildman–Crippen LogP) is 1.46. The summed E-state index contributed by atoms with van der Waals surface area (Å²) in [6, 6.07) is -0.118. The average Bonchev–Trinajstić information content (AvgIpc) is 2.49. The lowest BCUT2D eigenvalue weighted by Gasteiger charge is -2.11. The van der Waals surface area contributed by atoms with Gasteiger partial charge in [-0.3, -0.25) is 0 Å². The fraction of sp³-hybridized carbons (Fsp3) is 0.222. The van der Waals surface area contributed by atoms with Crippen LogP contribution in [0.15, 0.2) is 12.1 Å². The number of hydrogen-bond acceptors (Lipinski definition) is 1. The summed E-state index contributed by atoms with van der Waals surface area (Å²) in [6.45, 7) is 0.0817. The largest absolute Gasteiger partial charge is 0.336 e. The third-order valence-electron chi connectivity index (χ3n) is 2.16. The molecule has 0 radical (unpaired) electrons. The summed E-state index contributed by atoms with van der Waals surface area (Å²) in [5, 5.41) is 4.68. The fourth-order valence-corrected chi connectivity index (χ4v) is 1.52. The van der Waals surface area contributed by atoms with Gasteiger partial charge in [-0.1, -0.05) is 0 Å². The Bertz CT molecular complexity index is 399. The van der Waals surface area contributed by atoms with Crippen molar-refractivity contribution < 1.29 is 18.0 Å². The third-order valence-corrected chi connectivity index (χ3v) is 2.16. The number of nitrogens with one attached hydrogen (secondary N) is 2. The Kier molecular flexibility index (Phi) is 2.26. The molecule has 2 rings (SSSR count). The van der Waals surface area contributed by atoms with E-state index in [2.05, 4.69) is 10.6 Å². The minimum Gasteiger partial charge on any atom is -0.336 e. The van der Waals surface area contributed by atoms with Crippen LogP contribution >= 0.6 is 0 Å². The Morgan fingerprint density at radius 2 is 1.80 bits per heavy atom. The van der Waals surface area contributed by atoms with Crippen molar-refractivity contribution in [3.8, 4) is 0 Å². The second-order valence-corrected chi connectivity index (χ2v) is 3.19. The van der Waals surface area contributed by atoms with E-state index >= 15 is 0 Å². The van der Waals surface area contributed by atoms with Crippen LogP contribution < -0.4 is 10.6 Å². The lowest BCUT2D eigenvalue weighted by molar-refractivity contribution is 0.247. The molecule has 3 nitrogen and oxygen atoms in total. The van der Waals surface area contributed by atoms with E-state index in [1.165, 1.54) is 0 Å². The number of benzene rings is 1. The normalized spacial score (nSPS) is 19.9. The van der Waals surface area contributed by atoms with Crippen LogP contribution in [0.5, 0.6) is 0 Å². The standard InChI is InChI=1S/C9H7F3N2O/c10-4-1-5(11)8(6(12)2-4)7-3-13-9(15)14-7/h1-2,7H,3H2,(H2,13,14,15)/t7-/m0/s1. The molecule has 80 valence electrons. The molecule has 1 heterocycles. The highest BCUT2D eigenvalue weighted by Crippen LogP contribution is 2.23. The van der Waals surface area contributed by atoms with Crippen molar-refractivity contribution in [2.24, 2.45) is 0 Å². The molecule has 0 saturated carbocycles. The quantitative estimate of drug-likeness (QED) is 0.733. The number of amides is 2.